The molecule has 1 heterocycles. The summed E-state index contributed by atoms with van der Waals surface area (Å²) in [6.45, 7) is 6.84. The minimum Gasteiger partial charge on any atom is -0.494 e. The fraction of sp³-hybridized carbons (Fsp3) is 0.400. The summed E-state index contributed by atoms with van der Waals surface area (Å²) in [5.41, 5.74) is 7.56. The maximum Gasteiger partial charge on any atom is 0.145 e. The molecule has 0 spiro atoms. The van der Waals surface area contributed by atoms with E-state index in [4.69, 9.17) is 15.2 Å². The van der Waals surface area contributed by atoms with Gasteiger partial charge in [-0.15, -0.1) is 0 Å². The van der Waals surface area contributed by atoms with Crippen LogP contribution < -0.4 is 20.1 Å². The van der Waals surface area contributed by atoms with Crippen LogP contribution in [0.1, 0.15) is 26.7 Å². The molecule has 4 nitrogen and oxygen atoms in total. The quantitative estimate of drug-likeness (QED) is 0.641. The second-order valence-electron chi connectivity index (χ2n) is 6.88. The Morgan fingerprint density at radius 2 is 1.92 bits per heavy atom. The lowest BCUT2D eigenvalue weighted by molar-refractivity contribution is 0.105. The van der Waals surface area contributed by atoms with Crippen molar-refractivity contribution in [3.05, 3.63) is 48.5 Å². The third kappa shape index (κ3) is 4.13. The van der Waals surface area contributed by atoms with Crippen molar-refractivity contribution in [2.24, 2.45) is 0 Å². The topological polar surface area (TPSA) is 47.7 Å². The molecule has 2 aromatic carbocycles. The van der Waals surface area contributed by atoms with Crippen LogP contribution in [0.5, 0.6) is 11.5 Å². The summed E-state index contributed by atoms with van der Waals surface area (Å²) in [6.07, 6.45) is 2.10. The number of unbranched alkanes of at least 4 members (excludes halogenated alkanes) is 1. The fourth-order valence-electron chi connectivity index (χ4n) is 3.06. The van der Waals surface area contributed by atoms with Gasteiger partial charge < -0.3 is 20.1 Å². The number of nitrogens with zero attached hydrogens (tertiary/aromatic N) is 1. The standard InChI is InChI=1S/C20H26N2O2/c1-20(2)15-22(18-11-10-16(21)14-19(18)24-20)12-6-7-13-23-17-8-4-3-5-9-17/h3-5,8-11,14H,6-7,12-13,15,21H2,1-2H3. The summed E-state index contributed by atoms with van der Waals surface area (Å²) in [7, 11) is 0. The predicted octanol–water partition coefficient (Wildman–Crippen LogP) is 4.11. The highest BCUT2D eigenvalue weighted by Crippen LogP contribution is 2.38. The van der Waals surface area contributed by atoms with Gasteiger partial charge in [0.05, 0.1) is 18.8 Å². The van der Waals surface area contributed by atoms with E-state index in [0.29, 0.717) is 0 Å². The number of para-hydroxylation sites is 1. The zero-order valence-corrected chi connectivity index (χ0v) is 14.5. The van der Waals surface area contributed by atoms with Crippen molar-refractivity contribution in [3.8, 4) is 11.5 Å². The van der Waals surface area contributed by atoms with E-state index >= 15 is 0 Å². The zero-order chi connectivity index (χ0) is 17.0. The predicted molar refractivity (Wildman–Crippen MR) is 98.9 cm³/mol. The first-order chi connectivity index (χ1) is 11.5. The number of fused-ring (bicyclic) bond motifs is 1. The monoisotopic (exact) mass is 326 g/mol. The summed E-state index contributed by atoms with van der Waals surface area (Å²) in [5.74, 6) is 1.82. The average molecular weight is 326 g/mol. The largest absolute Gasteiger partial charge is 0.494 e. The molecule has 0 saturated carbocycles. The molecule has 24 heavy (non-hydrogen) atoms. The maximum atomic E-state index is 6.07. The van der Waals surface area contributed by atoms with E-state index in [0.717, 1.165) is 55.4 Å². The Morgan fingerprint density at radius 1 is 1.12 bits per heavy atom. The van der Waals surface area contributed by atoms with E-state index in [1.165, 1.54) is 0 Å². The minimum atomic E-state index is -0.207. The van der Waals surface area contributed by atoms with Gasteiger partial charge in [-0.3, -0.25) is 0 Å². The molecule has 0 bridgehead atoms. The third-order valence-corrected chi connectivity index (χ3v) is 4.12. The number of benzene rings is 2. The van der Waals surface area contributed by atoms with E-state index in [1.807, 2.05) is 42.5 Å². The number of hydrogen-bond donors (Lipinski definition) is 1. The molecule has 3 rings (SSSR count). The van der Waals surface area contributed by atoms with Crippen LogP contribution in [0.15, 0.2) is 48.5 Å². The molecular weight excluding hydrogens is 300 g/mol. The highest BCUT2D eigenvalue weighted by Gasteiger charge is 2.31. The van der Waals surface area contributed by atoms with Crippen LogP contribution in [0.4, 0.5) is 11.4 Å². The van der Waals surface area contributed by atoms with Gasteiger partial charge in [-0.2, -0.15) is 0 Å². The summed E-state index contributed by atoms with van der Waals surface area (Å²) >= 11 is 0. The van der Waals surface area contributed by atoms with E-state index < -0.39 is 0 Å². The second-order valence-corrected chi connectivity index (χ2v) is 6.88. The molecule has 0 fully saturated rings. The fourth-order valence-corrected chi connectivity index (χ4v) is 3.06. The maximum absolute atomic E-state index is 6.07. The van der Waals surface area contributed by atoms with Crippen molar-refractivity contribution in [2.45, 2.75) is 32.3 Å². The van der Waals surface area contributed by atoms with Crippen molar-refractivity contribution in [2.75, 3.05) is 30.3 Å². The Morgan fingerprint density at radius 3 is 2.71 bits per heavy atom. The van der Waals surface area contributed by atoms with Gasteiger partial charge >= 0.3 is 0 Å². The van der Waals surface area contributed by atoms with Gasteiger partial charge in [0.2, 0.25) is 0 Å². The molecule has 0 atom stereocenters. The van der Waals surface area contributed by atoms with Crippen molar-refractivity contribution in [1.29, 1.82) is 0 Å². The Bertz CT molecular complexity index is 671. The number of nitrogens with two attached hydrogens (primary N) is 1. The van der Waals surface area contributed by atoms with E-state index in [9.17, 15) is 0 Å². The first kappa shape index (κ1) is 16.5. The molecule has 0 saturated heterocycles. The molecule has 2 N–H and O–H groups in total. The van der Waals surface area contributed by atoms with Gasteiger partial charge in [0, 0.05) is 18.3 Å². The van der Waals surface area contributed by atoms with Crippen LogP contribution in [0.25, 0.3) is 0 Å². The summed E-state index contributed by atoms with van der Waals surface area (Å²) in [5, 5.41) is 0. The lowest BCUT2D eigenvalue weighted by Crippen LogP contribution is -2.47. The number of anilines is 2. The Labute approximate surface area is 144 Å². The lowest BCUT2D eigenvalue weighted by atomic mass is 10.0. The summed E-state index contributed by atoms with van der Waals surface area (Å²) < 4.78 is 11.8. The third-order valence-electron chi connectivity index (χ3n) is 4.12. The van der Waals surface area contributed by atoms with E-state index in [2.05, 4.69) is 24.8 Å². The van der Waals surface area contributed by atoms with Crippen LogP contribution >= 0.6 is 0 Å². The van der Waals surface area contributed by atoms with Crippen molar-refractivity contribution in [1.82, 2.24) is 0 Å². The van der Waals surface area contributed by atoms with Crippen LogP contribution in [-0.4, -0.2) is 25.3 Å². The van der Waals surface area contributed by atoms with Gasteiger partial charge in [-0.05, 0) is 51.0 Å². The van der Waals surface area contributed by atoms with Gasteiger partial charge in [-0.25, -0.2) is 0 Å². The van der Waals surface area contributed by atoms with Crippen LogP contribution in [0.2, 0.25) is 0 Å². The minimum absolute atomic E-state index is 0.207. The van der Waals surface area contributed by atoms with Crippen molar-refractivity contribution < 1.29 is 9.47 Å². The smallest absolute Gasteiger partial charge is 0.145 e. The number of nitrogen functional groups attached to an aromatic ring is 1. The molecule has 0 aliphatic carbocycles. The van der Waals surface area contributed by atoms with Crippen molar-refractivity contribution >= 4 is 11.4 Å². The Kier molecular flexibility index (Phi) is 4.84. The number of ether oxygens (including phenoxy) is 2. The zero-order valence-electron chi connectivity index (χ0n) is 14.5. The van der Waals surface area contributed by atoms with Crippen LogP contribution in [-0.2, 0) is 0 Å². The lowest BCUT2D eigenvalue weighted by Gasteiger charge is -2.41. The molecule has 2 aromatic rings. The Hall–Kier alpha value is -2.36. The van der Waals surface area contributed by atoms with Crippen LogP contribution in [0.3, 0.4) is 0 Å². The Balaban J connectivity index is 1.53. The normalized spacial score (nSPS) is 15.5. The van der Waals surface area contributed by atoms with Crippen LogP contribution in [0, 0.1) is 0 Å². The van der Waals surface area contributed by atoms with Gasteiger partial charge in [0.1, 0.15) is 17.1 Å². The summed E-state index contributed by atoms with van der Waals surface area (Å²) in [6, 6.07) is 15.9. The van der Waals surface area contributed by atoms with Crippen molar-refractivity contribution in [3.63, 3.8) is 0 Å². The highest BCUT2D eigenvalue weighted by atomic mass is 16.5. The molecule has 1 aliphatic heterocycles. The first-order valence-corrected chi connectivity index (χ1v) is 8.55. The number of hydrogen-bond acceptors (Lipinski definition) is 4. The van der Waals surface area contributed by atoms with Gasteiger partial charge in [-0.1, -0.05) is 18.2 Å². The van der Waals surface area contributed by atoms with Gasteiger partial charge in [0.15, 0.2) is 0 Å². The summed E-state index contributed by atoms with van der Waals surface area (Å²) in [4.78, 5) is 2.39. The molecular formula is C20H26N2O2. The average Bonchev–Trinajstić information content (AvgIpc) is 2.54. The number of rotatable bonds is 6. The first-order valence-electron chi connectivity index (χ1n) is 8.55. The molecule has 0 aromatic heterocycles. The molecule has 128 valence electrons. The molecule has 4 heteroatoms. The molecule has 0 amide bonds. The van der Waals surface area contributed by atoms with E-state index in [-0.39, 0.29) is 5.60 Å². The molecule has 0 radical (unpaired) electrons. The molecule has 1 aliphatic rings. The van der Waals surface area contributed by atoms with Gasteiger partial charge in [0.25, 0.3) is 0 Å². The highest BCUT2D eigenvalue weighted by molar-refractivity contribution is 5.65. The second kappa shape index (κ2) is 7.04. The van der Waals surface area contributed by atoms with E-state index in [1.54, 1.807) is 0 Å². The SMILES string of the molecule is CC1(C)CN(CCCCOc2ccccc2)c2ccc(N)cc2O1. The molecule has 0 unspecified atom stereocenters.